The summed E-state index contributed by atoms with van der Waals surface area (Å²) in [6.07, 6.45) is 6.94. The molecule has 2 N–H and O–H groups in total. The molecule has 0 aliphatic carbocycles. The number of anilines is 1. The van der Waals surface area contributed by atoms with Crippen LogP contribution in [0.1, 0.15) is 41.4 Å². The summed E-state index contributed by atoms with van der Waals surface area (Å²) in [6.45, 7) is 0.606. The largest absolute Gasteiger partial charge is 0.396 e. The molecule has 1 fully saturated rings. The van der Waals surface area contributed by atoms with Crippen LogP contribution in [0.4, 0.5) is 10.1 Å². The van der Waals surface area contributed by atoms with Gasteiger partial charge in [-0.05, 0) is 53.4 Å². The van der Waals surface area contributed by atoms with Crippen LogP contribution >= 0.6 is 15.9 Å². The molecule has 30 heavy (non-hydrogen) atoms. The first-order valence-electron chi connectivity index (χ1n) is 9.57. The second-order valence-corrected chi connectivity index (χ2v) is 8.02. The normalized spacial score (nSPS) is 16.9. The zero-order valence-corrected chi connectivity index (χ0v) is 17.4. The average Bonchev–Trinajstić information content (AvgIpc) is 3.23. The highest BCUT2D eigenvalue weighted by Gasteiger charge is 2.25. The van der Waals surface area contributed by atoms with Crippen LogP contribution in [0.2, 0.25) is 0 Å². The van der Waals surface area contributed by atoms with Crippen LogP contribution < -0.4 is 5.73 Å². The van der Waals surface area contributed by atoms with Gasteiger partial charge in [-0.2, -0.15) is 5.10 Å². The van der Waals surface area contributed by atoms with E-state index in [1.165, 1.54) is 29.2 Å². The number of fused-ring (bicyclic) bond motifs is 2. The molecule has 1 unspecified atom stereocenters. The van der Waals surface area contributed by atoms with Gasteiger partial charge in [-0.3, -0.25) is 14.8 Å². The van der Waals surface area contributed by atoms with E-state index >= 15 is 0 Å². The third-order valence-corrected chi connectivity index (χ3v) is 5.97. The molecule has 0 radical (unpaired) electrons. The molecule has 0 bridgehead atoms. The Kier molecular flexibility index (Phi) is 4.71. The molecule has 3 heterocycles. The summed E-state index contributed by atoms with van der Waals surface area (Å²) in [5.41, 5.74) is 8.33. The SMILES string of the molecule is Nc1c(C(=O)c2ccc(F)c3c2cnn3C2CCCCO2)cc(Br)c2nccnc12. The van der Waals surface area contributed by atoms with Gasteiger partial charge in [0.15, 0.2) is 12.0 Å². The van der Waals surface area contributed by atoms with Crippen LogP contribution in [-0.2, 0) is 4.74 Å². The van der Waals surface area contributed by atoms with Crippen LogP contribution in [-0.4, -0.2) is 32.1 Å². The maximum Gasteiger partial charge on any atom is 0.195 e. The third kappa shape index (κ3) is 2.96. The molecule has 2 aromatic carbocycles. The van der Waals surface area contributed by atoms with Crippen molar-refractivity contribution in [3.05, 3.63) is 58.2 Å². The fourth-order valence-corrected chi connectivity index (χ4v) is 4.42. The molecule has 1 aliphatic heterocycles. The van der Waals surface area contributed by atoms with E-state index in [4.69, 9.17) is 10.5 Å². The Balaban J connectivity index is 1.66. The lowest BCUT2D eigenvalue weighted by atomic mass is 9.98. The van der Waals surface area contributed by atoms with Gasteiger partial charge < -0.3 is 10.5 Å². The topological polar surface area (TPSA) is 95.9 Å². The van der Waals surface area contributed by atoms with Gasteiger partial charge in [0.05, 0.1) is 11.9 Å². The molecule has 0 amide bonds. The number of ketones is 1. The number of carbonyl (C=O) groups is 1. The smallest absolute Gasteiger partial charge is 0.195 e. The van der Waals surface area contributed by atoms with Gasteiger partial charge in [0.2, 0.25) is 0 Å². The highest BCUT2D eigenvalue weighted by atomic mass is 79.9. The van der Waals surface area contributed by atoms with Crippen LogP contribution in [0.3, 0.4) is 0 Å². The van der Waals surface area contributed by atoms with E-state index in [9.17, 15) is 9.18 Å². The van der Waals surface area contributed by atoms with E-state index in [0.29, 0.717) is 33.1 Å². The Hall–Kier alpha value is -2.91. The molecule has 1 saturated heterocycles. The first-order chi connectivity index (χ1) is 14.6. The minimum atomic E-state index is -0.452. The van der Waals surface area contributed by atoms with Gasteiger partial charge in [0.25, 0.3) is 0 Å². The van der Waals surface area contributed by atoms with Gasteiger partial charge in [0.1, 0.15) is 22.4 Å². The summed E-state index contributed by atoms with van der Waals surface area (Å²) in [6, 6.07) is 4.36. The van der Waals surface area contributed by atoms with Gasteiger partial charge in [-0.1, -0.05) is 0 Å². The van der Waals surface area contributed by atoms with Crippen LogP contribution in [0.15, 0.2) is 41.3 Å². The minimum absolute atomic E-state index is 0.229. The van der Waals surface area contributed by atoms with Crippen molar-refractivity contribution in [3.63, 3.8) is 0 Å². The zero-order chi connectivity index (χ0) is 20.8. The zero-order valence-electron chi connectivity index (χ0n) is 15.8. The molecule has 5 rings (SSSR count). The molecule has 0 spiro atoms. The van der Waals surface area contributed by atoms with Crippen LogP contribution in [0, 0.1) is 5.82 Å². The predicted molar refractivity (Wildman–Crippen MR) is 114 cm³/mol. The molecule has 7 nitrogen and oxygen atoms in total. The molecule has 1 aliphatic rings. The van der Waals surface area contributed by atoms with Crippen molar-refractivity contribution in [2.45, 2.75) is 25.5 Å². The van der Waals surface area contributed by atoms with Crippen molar-refractivity contribution in [3.8, 4) is 0 Å². The molecule has 0 saturated carbocycles. The van der Waals surface area contributed by atoms with Crippen molar-refractivity contribution < 1.29 is 13.9 Å². The van der Waals surface area contributed by atoms with E-state index in [1.807, 2.05) is 0 Å². The molecule has 4 aromatic rings. The molecule has 152 valence electrons. The minimum Gasteiger partial charge on any atom is -0.396 e. The van der Waals surface area contributed by atoms with E-state index in [2.05, 4.69) is 31.0 Å². The van der Waals surface area contributed by atoms with Crippen molar-refractivity contribution >= 4 is 49.3 Å². The molecular weight excluding hydrogens is 453 g/mol. The maximum absolute atomic E-state index is 14.8. The van der Waals surface area contributed by atoms with E-state index in [-0.39, 0.29) is 28.8 Å². The highest BCUT2D eigenvalue weighted by molar-refractivity contribution is 9.10. The molecular formula is C21H17BrFN5O2. The van der Waals surface area contributed by atoms with Crippen molar-refractivity contribution in [1.29, 1.82) is 0 Å². The first-order valence-corrected chi connectivity index (χ1v) is 10.4. The Bertz CT molecular complexity index is 1300. The summed E-state index contributed by atoms with van der Waals surface area (Å²) < 4.78 is 22.7. The number of nitrogen functional groups attached to an aromatic ring is 1. The lowest BCUT2D eigenvalue weighted by Gasteiger charge is -2.23. The number of hydrogen-bond acceptors (Lipinski definition) is 6. The predicted octanol–water partition coefficient (Wildman–Crippen LogP) is 4.39. The quantitative estimate of drug-likeness (QED) is 0.353. The Morgan fingerprint density at radius 3 is 2.77 bits per heavy atom. The Morgan fingerprint density at radius 1 is 1.20 bits per heavy atom. The number of carbonyl (C=O) groups excluding carboxylic acids is 1. The summed E-state index contributed by atoms with van der Waals surface area (Å²) >= 11 is 3.44. The van der Waals surface area contributed by atoms with Gasteiger partial charge in [-0.15, -0.1) is 0 Å². The summed E-state index contributed by atoms with van der Waals surface area (Å²) in [5, 5.41) is 4.76. The lowest BCUT2D eigenvalue weighted by molar-refractivity contribution is -0.0369. The Labute approximate surface area is 179 Å². The van der Waals surface area contributed by atoms with Crippen molar-refractivity contribution in [2.24, 2.45) is 0 Å². The first kappa shape index (κ1) is 19.1. The van der Waals surface area contributed by atoms with E-state index in [0.717, 1.165) is 19.3 Å². The fourth-order valence-electron chi connectivity index (χ4n) is 3.90. The fraction of sp³-hybridized carbons (Fsp3) is 0.238. The van der Waals surface area contributed by atoms with Gasteiger partial charge in [-0.25, -0.2) is 9.07 Å². The lowest BCUT2D eigenvalue weighted by Crippen LogP contribution is -2.19. The second kappa shape index (κ2) is 7.41. The Morgan fingerprint density at radius 2 is 2.00 bits per heavy atom. The molecule has 1 atom stereocenters. The number of benzene rings is 2. The van der Waals surface area contributed by atoms with Crippen molar-refractivity contribution in [1.82, 2.24) is 19.7 Å². The van der Waals surface area contributed by atoms with Crippen LogP contribution in [0.25, 0.3) is 21.9 Å². The van der Waals surface area contributed by atoms with Crippen LogP contribution in [0.5, 0.6) is 0 Å². The molecule has 2 aromatic heterocycles. The summed E-state index contributed by atoms with van der Waals surface area (Å²) in [5.74, 6) is -0.790. The number of halogens is 2. The summed E-state index contributed by atoms with van der Waals surface area (Å²) in [7, 11) is 0. The number of nitrogens with two attached hydrogens (primary N) is 1. The number of hydrogen-bond donors (Lipinski definition) is 1. The molecule has 9 heteroatoms. The van der Waals surface area contributed by atoms with Crippen molar-refractivity contribution in [2.75, 3.05) is 12.3 Å². The average molecular weight is 470 g/mol. The van der Waals surface area contributed by atoms with Gasteiger partial charge in [0, 0.05) is 40.0 Å². The second-order valence-electron chi connectivity index (χ2n) is 7.17. The standard InChI is InChI=1S/C21H17BrFN5O2/c22-14-9-12(17(24)19-18(14)25-6-7-26-19)21(29)11-4-5-15(23)20-13(11)10-27-28(20)16-3-1-2-8-30-16/h4-7,9-10,16H,1-3,8,24H2. The number of ether oxygens (including phenoxy) is 1. The van der Waals surface area contributed by atoms with E-state index < -0.39 is 5.82 Å². The number of nitrogens with zero attached hydrogens (tertiary/aromatic N) is 4. The monoisotopic (exact) mass is 469 g/mol. The maximum atomic E-state index is 14.8. The number of aromatic nitrogens is 4. The summed E-state index contributed by atoms with van der Waals surface area (Å²) in [4.78, 5) is 21.9. The number of rotatable bonds is 3. The third-order valence-electron chi connectivity index (χ3n) is 5.37. The highest BCUT2D eigenvalue weighted by Crippen LogP contribution is 2.34. The van der Waals surface area contributed by atoms with E-state index in [1.54, 1.807) is 12.3 Å². The van der Waals surface area contributed by atoms with Gasteiger partial charge >= 0.3 is 0 Å².